The summed E-state index contributed by atoms with van der Waals surface area (Å²) < 4.78 is 2.18. The molecule has 1 aliphatic heterocycles. The Balaban J connectivity index is 0.00000181. The average molecular weight is 480 g/mol. The van der Waals surface area contributed by atoms with Gasteiger partial charge in [-0.1, -0.05) is 43.8 Å². The summed E-state index contributed by atoms with van der Waals surface area (Å²) in [6, 6.07) is 12.9. The van der Waals surface area contributed by atoms with E-state index in [0.717, 1.165) is 50.6 Å². The molecule has 0 bridgehead atoms. The number of rotatable bonds is 11. The fraction of sp³-hybridized carbons (Fsp3) is 0.435. The summed E-state index contributed by atoms with van der Waals surface area (Å²) in [5.74, 6) is 0. The van der Waals surface area contributed by atoms with Crippen molar-refractivity contribution in [3.8, 4) is 11.3 Å². The first kappa shape index (κ1) is 26.4. The van der Waals surface area contributed by atoms with Crippen molar-refractivity contribution in [1.82, 2.24) is 20.0 Å². The SMILES string of the molecule is CCN(CC)CCn1nc2c3c(c(NCCNCCO)ccc31)Sc1ccccc1-2.Cl.O. The van der Waals surface area contributed by atoms with Crippen molar-refractivity contribution in [2.75, 3.05) is 51.2 Å². The zero-order chi connectivity index (χ0) is 20.9. The van der Waals surface area contributed by atoms with Crippen molar-refractivity contribution in [2.45, 2.75) is 30.2 Å². The van der Waals surface area contributed by atoms with E-state index in [0.29, 0.717) is 6.54 Å². The second-order valence-corrected chi connectivity index (χ2v) is 8.49. The molecule has 1 aliphatic rings. The van der Waals surface area contributed by atoms with Gasteiger partial charge in [0.25, 0.3) is 0 Å². The molecular formula is C23H34ClN5O2S. The van der Waals surface area contributed by atoms with Crippen molar-refractivity contribution in [1.29, 1.82) is 0 Å². The summed E-state index contributed by atoms with van der Waals surface area (Å²) in [7, 11) is 0. The van der Waals surface area contributed by atoms with Crippen molar-refractivity contribution in [3.63, 3.8) is 0 Å². The Morgan fingerprint density at radius 1 is 1.06 bits per heavy atom. The largest absolute Gasteiger partial charge is 0.412 e. The number of aliphatic hydroxyl groups excluding tert-OH is 1. The molecule has 0 amide bonds. The van der Waals surface area contributed by atoms with Gasteiger partial charge in [-0.25, -0.2) is 0 Å². The van der Waals surface area contributed by atoms with Crippen LogP contribution in [0.25, 0.3) is 22.2 Å². The molecule has 0 saturated carbocycles. The number of benzene rings is 2. The molecule has 2 aromatic carbocycles. The van der Waals surface area contributed by atoms with Gasteiger partial charge in [0, 0.05) is 52.6 Å². The van der Waals surface area contributed by atoms with Gasteiger partial charge in [-0.05, 0) is 31.3 Å². The van der Waals surface area contributed by atoms with Gasteiger partial charge < -0.3 is 26.1 Å². The number of anilines is 1. The number of hydrogen-bond donors (Lipinski definition) is 3. The summed E-state index contributed by atoms with van der Waals surface area (Å²) in [6.07, 6.45) is 0. The Hall–Kier alpha value is -1.81. The molecule has 2 heterocycles. The molecule has 0 unspecified atom stereocenters. The van der Waals surface area contributed by atoms with Crippen LogP contribution in [0, 0.1) is 0 Å². The van der Waals surface area contributed by atoms with Crippen molar-refractivity contribution in [3.05, 3.63) is 36.4 Å². The van der Waals surface area contributed by atoms with Crippen LogP contribution in [0.2, 0.25) is 0 Å². The average Bonchev–Trinajstić information content (AvgIpc) is 3.15. The van der Waals surface area contributed by atoms with Gasteiger partial charge >= 0.3 is 0 Å². The molecule has 7 nitrogen and oxygen atoms in total. The van der Waals surface area contributed by atoms with Crippen LogP contribution in [0.15, 0.2) is 46.2 Å². The zero-order valence-corrected chi connectivity index (χ0v) is 20.4. The summed E-state index contributed by atoms with van der Waals surface area (Å²) in [5.41, 5.74) is 4.68. The highest BCUT2D eigenvalue weighted by Crippen LogP contribution is 2.50. The third-order valence-corrected chi connectivity index (χ3v) is 6.86. The van der Waals surface area contributed by atoms with E-state index in [1.54, 1.807) is 0 Å². The third-order valence-electron chi connectivity index (χ3n) is 5.65. The Bertz CT molecular complexity index is 1010. The molecule has 0 spiro atoms. The zero-order valence-electron chi connectivity index (χ0n) is 18.7. The van der Waals surface area contributed by atoms with Gasteiger partial charge in [0.05, 0.1) is 18.7 Å². The van der Waals surface area contributed by atoms with Crippen LogP contribution in [-0.2, 0) is 6.54 Å². The van der Waals surface area contributed by atoms with Gasteiger partial charge in [-0.2, -0.15) is 5.10 Å². The number of nitrogens with zero attached hydrogens (tertiary/aromatic N) is 3. The first-order valence-electron chi connectivity index (χ1n) is 10.8. The van der Waals surface area contributed by atoms with E-state index in [2.05, 4.69) is 70.5 Å². The fourth-order valence-corrected chi connectivity index (χ4v) is 5.17. The number of likely N-dealkylation sites (N-methyl/N-ethyl adjacent to an activating group) is 1. The minimum atomic E-state index is 0. The molecule has 176 valence electrons. The van der Waals surface area contributed by atoms with E-state index < -0.39 is 0 Å². The predicted octanol–water partition coefficient (Wildman–Crippen LogP) is 3.10. The second kappa shape index (κ2) is 12.4. The highest BCUT2D eigenvalue weighted by atomic mass is 35.5. The minimum Gasteiger partial charge on any atom is -0.412 e. The minimum absolute atomic E-state index is 0. The van der Waals surface area contributed by atoms with E-state index in [9.17, 15) is 0 Å². The standard InChI is InChI=1S/C23H31N5OS.ClH.H2O/c1-3-27(4-2)14-15-28-19-10-9-18(25-12-11-24-13-16-29)23-21(19)22(26-28)17-7-5-6-8-20(17)30-23;;/h5-10,24-25,29H,3-4,11-16H2,1-2H3;1H;1H2. The molecule has 0 saturated heterocycles. The molecule has 0 fully saturated rings. The van der Waals surface area contributed by atoms with Crippen LogP contribution in [0.3, 0.4) is 0 Å². The first-order chi connectivity index (χ1) is 14.8. The van der Waals surface area contributed by atoms with Gasteiger partial charge in [-0.3, -0.25) is 4.68 Å². The lowest BCUT2D eigenvalue weighted by molar-refractivity contribution is 0.287. The van der Waals surface area contributed by atoms with Crippen LogP contribution in [-0.4, -0.2) is 71.1 Å². The second-order valence-electron chi connectivity index (χ2n) is 7.43. The summed E-state index contributed by atoms with van der Waals surface area (Å²) in [5, 5.41) is 22.1. The van der Waals surface area contributed by atoms with E-state index >= 15 is 0 Å². The maximum atomic E-state index is 8.93. The highest BCUT2D eigenvalue weighted by Gasteiger charge is 2.25. The van der Waals surface area contributed by atoms with Crippen LogP contribution in [0.4, 0.5) is 5.69 Å². The van der Waals surface area contributed by atoms with Crippen LogP contribution < -0.4 is 10.6 Å². The highest BCUT2D eigenvalue weighted by molar-refractivity contribution is 8.00. The van der Waals surface area contributed by atoms with E-state index in [-0.39, 0.29) is 24.5 Å². The van der Waals surface area contributed by atoms with Crippen LogP contribution in [0.1, 0.15) is 13.8 Å². The predicted molar refractivity (Wildman–Crippen MR) is 136 cm³/mol. The maximum absolute atomic E-state index is 8.93. The van der Waals surface area contributed by atoms with Gasteiger partial charge in [0.2, 0.25) is 0 Å². The fourth-order valence-electron chi connectivity index (χ4n) is 3.97. The Kier molecular flexibility index (Phi) is 10.3. The van der Waals surface area contributed by atoms with Gasteiger partial charge in [-0.15, -0.1) is 12.4 Å². The summed E-state index contributed by atoms with van der Waals surface area (Å²) in [6.45, 7) is 10.9. The molecule has 4 rings (SSSR count). The molecule has 0 atom stereocenters. The molecule has 0 aliphatic carbocycles. The van der Waals surface area contributed by atoms with E-state index in [1.165, 1.54) is 26.3 Å². The first-order valence-corrected chi connectivity index (χ1v) is 11.7. The maximum Gasteiger partial charge on any atom is 0.103 e. The number of nitrogens with one attached hydrogen (secondary N) is 2. The number of aromatic nitrogens is 2. The molecule has 5 N–H and O–H groups in total. The molecule has 0 radical (unpaired) electrons. The lowest BCUT2D eigenvalue weighted by Crippen LogP contribution is -2.27. The lowest BCUT2D eigenvalue weighted by Gasteiger charge is -2.19. The third kappa shape index (κ3) is 5.39. The normalized spacial score (nSPS) is 11.8. The molecular weight excluding hydrogens is 446 g/mol. The summed E-state index contributed by atoms with van der Waals surface area (Å²) in [4.78, 5) is 4.96. The number of aliphatic hydroxyl groups is 1. The molecule has 32 heavy (non-hydrogen) atoms. The van der Waals surface area contributed by atoms with Crippen molar-refractivity contribution in [2.24, 2.45) is 0 Å². The lowest BCUT2D eigenvalue weighted by atomic mass is 10.1. The van der Waals surface area contributed by atoms with E-state index in [1.807, 2.05) is 11.8 Å². The van der Waals surface area contributed by atoms with Crippen LogP contribution >= 0.6 is 24.2 Å². The topological polar surface area (TPSA) is 96.9 Å². The van der Waals surface area contributed by atoms with Crippen molar-refractivity contribution >= 4 is 40.8 Å². The Morgan fingerprint density at radius 2 is 1.84 bits per heavy atom. The monoisotopic (exact) mass is 479 g/mol. The quantitative estimate of drug-likeness (QED) is 0.286. The van der Waals surface area contributed by atoms with Gasteiger partial charge in [0.15, 0.2) is 0 Å². The number of fused-ring (bicyclic) bond motifs is 2. The molecule has 3 aromatic rings. The Morgan fingerprint density at radius 3 is 2.59 bits per heavy atom. The molecule has 9 heteroatoms. The van der Waals surface area contributed by atoms with Crippen molar-refractivity contribution < 1.29 is 10.6 Å². The number of halogens is 1. The summed E-state index contributed by atoms with van der Waals surface area (Å²) >= 11 is 1.83. The number of hydrogen-bond acceptors (Lipinski definition) is 6. The molecule has 1 aromatic heterocycles. The van der Waals surface area contributed by atoms with Gasteiger partial charge in [0.1, 0.15) is 5.69 Å². The van der Waals surface area contributed by atoms with E-state index in [4.69, 9.17) is 10.2 Å². The van der Waals surface area contributed by atoms with Crippen LogP contribution in [0.5, 0.6) is 0 Å². The Labute approximate surface area is 200 Å². The smallest absolute Gasteiger partial charge is 0.103 e.